The lowest BCUT2D eigenvalue weighted by Crippen LogP contribution is -2.42. The van der Waals surface area contributed by atoms with Crippen molar-refractivity contribution < 1.29 is 23.0 Å². The summed E-state index contributed by atoms with van der Waals surface area (Å²) in [6, 6.07) is 12.7. The highest BCUT2D eigenvalue weighted by Crippen LogP contribution is 2.31. The largest absolute Gasteiger partial charge is 0.383 e. The number of anilines is 1. The van der Waals surface area contributed by atoms with Crippen LogP contribution < -0.4 is 10.6 Å². The van der Waals surface area contributed by atoms with E-state index in [-0.39, 0.29) is 12.0 Å². The van der Waals surface area contributed by atoms with Gasteiger partial charge in [0.25, 0.3) is 0 Å². The van der Waals surface area contributed by atoms with E-state index in [0.29, 0.717) is 50.8 Å². The standard InChI is InChI=1S/C25H27F2N5O3/c1-34-10-9-31-12-18(16-7-8-20(26)21(27)11-16)22(13-31)28-25(33)29-24-19-14-35-15-23(19)30-32(24)17-5-3-2-4-6-17/h2-8,11,18,22H,9-10,12-15H2,1H3,(H2,28,29,33)/t18-,22+/m0/s1. The van der Waals surface area contributed by atoms with Crippen molar-refractivity contribution in [3.05, 3.63) is 77.0 Å². The highest BCUT2D eigenvalue weighted by molar-refractivity contribution is 5.90. The number of benzene rings is 2. The second kappa shape index (κ2) is 10.1. The molecule has 184 valence electrons. The summed E-state index contributed by atoms with van der Waals surface area (Å²) in [7, 11) is 1.63. The van der Waals surface area contributed by atoms with Crippen molar-refractivity contribution in [1.29, 1.82) is 0 Å². The second-order valence-electron chi connectivity index (χ2n) is 8.75. The number of likely N-dealkylation sites (tertiary alicyclic amines) is 1. The van der Waals surface area contributed by atoms with Gasteiger partial charge in [0.2, 0.25) is 0 Å². The maximum Gasteiger partial charge on any atom is 0.320 e. The topological polar surface area (TPSA) is 80.7 Å². The van der Waals surface area contributed by atoms with Crippen LogP contribution in [0.15, 0.2) is 48.5 Å². The molecule has 0 saturated carbocycles. The fourth-order valence-corrected chi connectivity index (χ4v) is 4.72. The normalized spacial score (nSPS) is 19.6. The Balaban J connectivity index is 1.37. The summed E-state index contributed by atoms with van der Waals surface area (Å²) in [4.78, 5) is 15.3. The third kappa shape index (κ3) is 4.90. The minimum atomic E-state index is -0.900. The van der Waals surface area contributed by atoms with E-state index < -0.39 is 17.7 Å². The van der Waals surface area contributed by atoms with Crippen molar-refractivity contribution in [2.75, 3.05) is 38.7 Å². The van der Waals surface area contributed by atoms with Gasteiger partial charge in [-0.2, -0.15) is 5.10 Å². The van der Waals surface area contributed by atoms with E-state index in [1.807, 2.05) is 30.3 Å². The summed E-state index contributed by atoms with van der Waals surface area (Å²) in [5.41, 5.74) is 3.09. The molecular formula is C25H27F2N5O3. The molecule has 5 rings (SSSR count). The van der Waals surface area contributed by atoms with Gasteiger partial charge in [-0.05, 0) is 29.8 Å². The summed E-state index contributed by atoms with van der Waals surface area (Å²) in [6.07, 6.45) is 0. The fourth-order valence-electron chi connectivity index (χ4n) is 4.72. The monoisotopic (exact) mass is 483 g/mol. The van der Waals surface area contributed by atoms with Crippen LogP contribution in [0.25, 0.3) is 5.69 Å². The van der Waals surface area contributed by atoms with Gasteiger partial charge in [0.05, 0.1) is 37.2 Å². The molecule has 2 aliphatic rings. The van der Waals surface area contributed by atoms with Gasteiger partial charge in [-0.15, -0.1) is 0 Å². The van der Waals surface area contributed by atoms with Gasteiger partial charge in [-0.25, -0.2) is 18.3 Å². The molecule has 2 amide bonds. The van der Waals surface area contributed by atoms with Crippen LogP contribution in [0.1, 0.15) is 22.7 Å². The van der Waals surface area contributed by atoms with E-state index in [1.54, 1.807) is 17.9 Å². The molecule has 2 N–H and O–H groups in total. The summed E-state index contributed by atoms with van der Waals surface area (Å²) in [6.45, 7) is 3.10. The highest BCUT2D eigenvalue weighted by Gasteiger charge is 2.35. The summed E-state index contributed by atoms with van der Waals surface area (Å²) in [5, 5.41) is 10.6. The second-order valence-corrected chi connectivity index (χ2v) is 8.75. The lowest BCUT2D eigenvalue weighted by Gasteiger charge is -2.21. The van der Waals surface area contributed by atoms with Gasteiger partial charge in [0.15, 0.2) is 11.6 Å². The number of urea groups is 1. The molecule has 35 heavy (non-hydrogen) atoms. The van der Waals surface area contributed by atoms with E-state index in [0.717, 1.165) is 23.0 Å². The Kier molecular flexibility index (Phi) is 6.76. The Labute approximate surface area is 201 Å². The Bertz CT molecular complexity index is 1200. The van der Waals surface area contributed by atoms with Gasteiger partial charge >= 0.3 is 6.03 Å². The van der Waals surface area contributed by atoms with E-state index in [1.165, 1.54) is 6.07 Å². The van der Waals surface area contributed by atoms with Crippen molar-refractivity contribution in [3.63, 3.8) is 0 Å². The smallest absolute Gasteiger partial charge is 0.320 e. The molecule has 8 nitrogen and oxygen atoms in total. The van der Waals surface area contributed by atoms with Crippen molar-refractivity contribution in [1.82, 2.24) is 20.0 Å². The van der Waals surface area contributed by atoms with Crippen molar-refractivity contribution in [2.45, 2.75) is 25.2 Å². The van der Waals surface area contributed by atoms with Crippen LogP contribution in [0.5, 0.6) is 0 Å². The van der Waals surface area contributed by atoms with Crippen LogP contribution in [0.3, 0.4) is 0 Å². The number of halogens is 2. The molecule has 10 heteroatoms. The Morgan fingerprint density at radius 1 is 1.14 bits per heavy atom. The number of para-hydroxylation sites is 1. The number of carbonyl (C=O) groups excluding carboxylic acids is 1. The van der Waals surface area contributed by atoms with Crippen LogP contribution in [0.4, 0.5) is 19.4 Å². The fraction of sp³-hybridized carbons (Fsp3) is 0.360. The number of fused-ring (bicyclic) bond motifs is 1. The molecule has 2 atom stereocenters. The van der Waals surface area contributed by atoms with Crippen LogP contribution >= 0.6 is 0 Å². The number of ether oxygens (including phenoxy) is 2. The van der Waals surface area contributed by atoms with Crippen LogP contribution in [0, 0.1) is 11.6 Å². The number of amides is 2. The average molecular weight is 484 g/mol. The predicted octanol–water partition coefficient (Wildman–Crippen LogP) is 3.42. The number of rotatable bonds is 7. The van der Waals surface area contributed by atoms with Crippen molar-refractivity contribution >= 4 is 11.8 Å². The molecular weight excluding hydrogens is 456 g/mol. The number of aromatic nitrogens is 2. The first-order chi connectivity index (χ1) is 17.0. The van der Waals surface area contributed by atoms with Gasteiger partial charge in [0.1, 0.15) is 5.82 Å². The molecule has 1 saturated heterocycles. The Morgan fingerprint density at radius 2 is 1.97 bits per heavy atom. The average Bonchev–Trinajstić information content (AvgIpc) is 3.56. The molecule has 0 aliphatic carbocycles. The van der Waals surface area contributed by atoms with E-state index in [2.05, 4.69) is 20.6 Å². The first-order valence-corrected chi connectivity index (χ1v) is 11.5. The number of nitrogens with one attached hydrogen (secondary N) is 2. The predicted molar refractivity (Wildman–Crippen MR) is 125 cm³/mol. The van der Waals surface area contributed by atoms with Crippen molar-refractivity contribution in [2.24, 2.45) is 0 Å². The zero-order chi connectivity index (χ0) is 24.4. The van der Waals surface area contributed by atoms with Crippen LogP contribution in [0.2, 0.25) is 0 Å². The zero-order valence-electron chi connectivity index (χ0n) is 19.3. The molecule has 2 aromatic carbocycles. The molecule has 3 aromatic rings. The number of carbonyl (C=O) groups is 1. The zero-order valence-corrected chi connectivity index (χ0v) is 19.3. The summed E-state index contributed by atoms with van der Waals surface area (Å²) < 4.78 is 39.9. The Hall–Kier alpha value is -3.34. The molecule has 0 spiro atoms. The van der Waals surface area contributed by atoms with Crippen molar-refractivity contribution in [3.8, 4) is 5.69 Å². The molecule has 0 bridgehead atoms. The maximum atomic E-state index is 14.0. The third-order valence-electron chi connectivity index (χ3n) is 6.48. The maximum absolute atomic E-state index is 14.0. The number of hydrogen-bond acceptors (Lipinski definition) is 5. The van der Waals surface area contributed by atoms with Gasteiger partial charge in [0, 0.05) is 38.2 Å². The highest BCUT2D eigenvalue weighted by atomic mass is 19.2. The van der Waals surface area contributed by atoms with E-state index in [9.17, 15) is 13.6 Å². The first kappa shape index (κ1) is 23.4. The molecule has 1 aromatic heterocycles. The van der Waals surface area contributed by atoms with E-state index in [4.69, 9.17) is 9.47 Å². The number of nitrogens with zero attached hydrogens (tertiary/aromatic N) is 3. The quantitative estimate of drug-likeness (QED) is 0.539. The molecule has 3 heterocycles. The van der Waals surface area contributed by atoms with Gasteiger partial charge in [-0.1, -0.05) is 24.3 Å². The summed E-state index contributed by atoms with van der Waals surface area (Å²) in [5.74, 6) is -1.44. The van der Waals surface area contributed by atoms with Crippen LogP contribution in [-0.4, -0.2) is 60.1 Å². The summed E-state index contributed by atoms with van der Waals surface area (Å²) >= 11 is 0. The minimum Gasteiger partial charge on any atom is -0.383 e. The molecule has 0 unspecified atom stereocenters. The number of methoxy groups -OCH3 is 1. The van der Waals surface area contributed by atoms with Gasteiger partial charge < -0.3 is 14.8 Å². The van der Waals surface area contributed by atoms with E-state index >= 15 is 0 Å². The third-order valence-corrected chi connectivity index (χ3v) is 6.48. The van der Waals surface area contributed by atoms with Crippen LogP contribution in [-0.2, 0) is 22.7 Å². The molecule has 0 radical (unpaired) electrons. The molecule has 1 fully saturated rings. The lowest BCUT2D eigenvalue weighted by atomic mass is 9.94. The number of hydrogen-bond donors (Lipinski definition) is 2. The first-order valence-electron chi connectivity index (χ1n) is 11.5. The van der Waals surface area contributed by atoms with Gasteiger partial charge in [-0.3, -0.25) is 10.2 Å². The molecule has 2 aliphatic heterocycles. The SMILES string of the molecule is COCCN1C[C@@H](NC(=O)Nc2c3c(nn2-c2ccccc2)COC3)[C@H](c2ccc(F)c(F)c2)C1. The Morgan fingerprint density at radius 3 is 2.74 bits per heavy atom. The lowest BCUT2D eigenvalue weighted by molar-refractivity contribution is 0.131. The minimum absolute atomic E-state index is 0.208.